The van der Waals surface area contributed by atoms with Gasteiger partial charge in [-0.3, -0.25) is 4.98 Å². The Hall–Kier alpha value is -2.77. The lowest BCUT2D eigenvalue weighted by molar-refractivity contribution is 0.00446. The van der Waals surface area contributed by atoms with Crippen LogP contribution in [0.3, 0.4) is 0 Å². The summed E-state index contributed by atoms with van der Waals surface area (Å²) in [6.07, 6.45) is 3.56. The average molecular weight is 486 g/mol. The number of aliphatic hydroxyl groups excluding tert-OH is 3. The molecule has 4 aromatic rings. The molecule has 0 amide bonds. The SMILES string of the molecule is Cc1nc(NCc2nccs2)nc(N[C@@H]2C[C@H](CO)[C@@H](O)[C@H]2O)c1-c1nc2cnccc2s1. The van der Waals surface area contributed by atoms with Gasteiger partial charge in [-0.15, -0.1) is 22.7 Å². The summed E-state index contributed by atoms with van der Waals surface area (Å²) in [5.41, 5.74) is 2.23. The molecule has 4 aromatic heterocycles. The maximum absolute atomic E-state index is 10.6. The largest absolute Gasteiger partial charge is 0.396 e. The minimum absolute atomic E-state index is 0.197. The van der Waals surface area contributed by atoms with Crippen molar-refractivity contribution < 1.29 is 15.3 Å². The second-order valence-electron chi connectivity index (χ2n) is 7.91. The fourth-order valence-corrected chi connectivity index (χ4v) is 5.61. The molecule has 4 heterocycles. The van der Waals surface area contributed by atoms with Gasteiger partial charge in [-0.1, -0.05) is 0 Å². The molecule has 0 bridgehead atoms. The van der Waals surface area contributed by atoms with Gasteiger partial charge in [-0.25, -0.2) is 15.0 Å². The van der Waals surface area contributed by atoms with Gasteiger partial charge in [0.2, 0.25) is 5.95 Å². The quantitative estimate of drug-likeness (QED) is 0.263. The lowest BCUT2D eigenvalue weighted by Crippen LogP contribution is -2.35. The Morgan fingerprint density at radius 1 is 1.15 bits per heavy atom. The molecule has 5 rings (SSSR count). The summed E-state index contributed by atoms with van der Waals surface area (Å²) in [5.74, 6) is 0.523. The number of aromatic nitrogens is 5. The van der Waals surface area contributed by atoms with Crippen molar-refractivity contribution >= 4 is 44.7 Å². The maximum atomic E-state index is 10.6. The topological polar surface area (TPSA) is 149 Å². The lowest BCUT2D eigenvalue weighted by atomic mass is 10.1. The van der Waals surface area contributed by atoms with E-state index in [1.54, 1.807) is 18.6 Å². The van der Waals surface area contributed by atoms with Gasteiger partial charge in [-0.2, -0.15) is 4.98 Å². The van der Waals surface area contributed by atoms with E-state index in [9.17, 15) is 15.3 Å². The van der Waals surface area contributed by atoms with E-state index < -0.39 is 24.2 Å². The molecule has 4 atom stereocenters. The number of aliphatic hydroxyl groups is 3. The lowest BCUT2D eigenvalue weighted by Gasteiger charge is -2.21. The highest BCUT2D eigenvalue weighted by Crippen LogP contribution is 2.38. The van der Waals surface area contributed by atoms with Crippen molar-refractivity contribution in [1.29, 1.82) is 0 Å². The van der Waals surface area contributed by atoms with E-state index in [2.05, 4.69) is 25.6 Å². The Labute approximate surface area is 197 Å². The molecule has 0 aliphatic heterocycles. The predicted octanol–water partition coefficient (Wildman–Crippen LogP) is 2.04. The highest BCUT2D eigenvalue weighted by atomic mass is 32.1. The van der Waals surface area contributed by atoms with Crippen molar-refractivity contribution in [3.05, 3.63) is 40.7 Å². The molecule has 1 aliphatic rings. The summed E-state index contributed by atoms with van der Waals surface area (Å²) in [4.78, 5) is 22.5. The van der Waals surface area contributed by atoms with Crippen LogP contribution in [-0.2, 0) is 6.54 Å². The van der Waals surface area contributed by atoms with Gasteiger partial charge in [0.05, 0.1) is 40.8 Å². The summed E-state index contributed by atoms with van der Waals surface area (Å²) in [5, 5.41) is 40.4. The first-order valence-corrected chi connectivity index (χ1v) is 12.2. The molecule has 10 nitrogen and oxygen atoms in total. The Morgan fingerprint density at radius 2 is 2.03 bits per heavy atom. The monoisotopic (exact) mass is 485 g/mol. The zero-order valence-corrected chi connectivity index (χ0v) is 19.3. The van der Waals surface area contributed by atoms with Crippen LogP contribution in [0.2, 0.25) is 0 Å². The van der Waals surface area contributed by atoms with Gasteiger partial charge < -0.3 is 26.0 Å². The second-order valence-corrected chi connectivity index (χ2v) is 9.92. The number of pyridine rings is 1. The molecular formula is C21H23N7O3S2. The number of thiazole rings is 2. The standard InChI is InChI=1S/C21H23N7O3S2/c1-10-16(20-27-13-7-22-3-2-14(13)33-20)19(26-12-6-11(9-29)17(30)18(12)31)28-21(25-10)24-8-15-23-4-5-32-15/h2-5,7,11-12,17-18,29-31H,6,8-9H2,1H3,(H2,24,25,26,28)/t11-,12-,17-,18+/m1/s1. The van der Waals surface area contributed by atoms with E-state index in [1.807, 2.05) is 18.4 Å². The number of anilines is 2. The van der Waals surface area contributed by atoms with E-state index in [0.29, 0.717) is 30.4 Å². The number of fused-ring (bicyclic) bond motifs is 1. The molecule has 0 aromatic carbocycles. The first-order chi connectivity index (χ1) is 16.0. The first-order valence-electron chi connectivity index (χ1n) is 10.5. The highest BCUT2D eigenvalue weighted by molar-refractivity contribution is 7.21. The first kappa shape index (κ1) is 22.0. The van der Waals surface area contributed by atoms with Gasteiger partial charge >= 0.3 is 0 Å². The van der Waals surface area contributed by atoms with Crippen molar-refractivity contribution in [2.24, 2.45) is 5.92 Å². The van der Waals surface area contributed by atoms with E-state index in [0.717, 1.165) is 25.8 Å². The Bertz CT molecular complexity index is 1220. The highest BCUT2D eigenvalue weighted by Gasteiger charge is 2.41. The predicted molar refractivity (Wildman–Crippen MR) is 127 cm³/mol. The smallest absolute Gasteiger partial charge is 0.225 e. The third-order valence-electron chi connectivity index (χ3n) is 5.73. The van der Waals surface area contributed by atoms with Crippen molar-refractivity contribution in [3.8, 4) is 10.6 Å². The molecule has 33 heavy (non-hydrogen) atoms. The van der Waals surface area contributed by atoms with E-state index >= 15 is 0 Å². The fourth-order valence-electron chi connectivity index (χ4n) is 4.02. The third kappa shape index (κ3) is 4.39. The summed E-state index contributed by atoms with van der Waals surface area (Å²) in [7, 11) is 0. The van der Waals surface area contributed by atoms with Crippen LogP contribution in [0.4, 0.5) is 11.8 Å². The molecule has 0 radical (unpaired) electrons. The zero-order chi connectivity index (χ0) is 22.9. The van der Waals surface area contributed by atoms with E-state index in [1.165, 1.54) is 22.7 Å². The van der Waals surface area contributed by atoms with Crippen LogP contribution >= 0.6 is 22.7 Å². The minimum atomic E-state index is -1.03. The van der Waals surface area contributed by atoms with E-state index in [4.69, 9.17) is 9.97 Å². The van der Waals surface area contributed by atoms with Crippen LogP contribution in [0.25, 0.3) is 20.8 Å². The van der Waals surface area contributed by atoms with Gasteiger partial charge in [0, 0.05) is 30.3 Å². The maximum Gasteiger partial charge on any atom is 0.225 e. The average Bonchev–Trinajstić information content (AvgIpc) is 3.53. The summed E-state index contributed by atoms with van der Waals surface area (Å²) in [6, 6.07) is 1.43. The molecule has 172 valence electrons. The van der Waals surface area contributed by atoms with E-state index in [-0.39, 0.29) is 6.61 Å². The number of hydrogen-bond donors (Lipinski definition) is 5. The third-order valence-corrected chi connectivity index (χ3v) is 7.57. The number of rotatable bonds is 7. The Kier molecular flexibility index (Phi) is 6.17. The molecular weight excluding hydrogens is 462 g/mol. The molecule has 12 heteroatoms. The van der Waals surface area contributed by atoms with Crippen LogP contribution in [-0.4, -0.2) is 65.1 Å². The van der Waals surface area contributed by atoms with Crippen LogP contribution in [0.15, 0.2) is 30.0 Å². The molecule has 0 unspecified atom stereocenters. The zero-order valence-electron chi connectivity index (χ0n) is 17.7. The molecule has 1 saturated carbocycles. The summed E-state index contributed by atoms with van der Waals surface area (Å²) < 4.78 is 0.994. The fraction of sp³-hybridized carbons (Fsp3) is 0.381. The number of nitrogens with one attached hydrogen (secondary N) is 2. The van der Waals surface area contributed by atoms with Crippen molar-refractivity contribution in [1.82, 2.24) is 24.9 Å². The Morgan fingerprint density at radius 3 is 2.76 bits per heavy atom. The molecule has 1 fully saturated rings. The molecule has 0 spiro atoms. The molecule has 0 saturated heterocycles. The Balaban J connectivity index is 1.52. The van der Waals surface area contributed by atoms with Gasteiger partial charge in [0.1, 0.15) is 27.5 Å². The summed E-state index contributed by atoms with van der Waals surface area (Å²) >= 11 is 3.05. The number of hydrogen-bond acceptors (Lipinski definition) is 12. The van der Waals surface area contributed by atoms with Crippen LogP contribution in [0.5, 0.6) is 0 Å². The van der Waals surface area contributed by atoms with Crippen molar-refractivity contribution in [2.45, 2.75) is 38.1 Å². The molecule has 1 aliphatic carbocycles. The van der Waals surface area contributed by atoms with Crippen molar-refractivity contribution in [3.63, 3.8) is 0 Å². The van der Waals surface area contributed by atoms with Crippen LogP contribution in [0.1, 0.15) is 17.1 Å². The minimum Gasteiger partial charge on any atom is -0.396 e. The van der Waals surface area contributed by atoms with Gasteiger partial charge in [0.25, 0.3) is 0 Å². The molecule has 5 N–H and O–H groups in total. The number of nitrogens with zero attached hydrogens (tertiary/aromatic N) is 5. The van der Waals surface area contributed by atoms with Gasteiger partial charge in [0.15, 0.2) is 0 Å². The van der Waals surface area contributed by atoms with Crippen LogP contribution in [0, 0.1) is 12.8 Å². The number of aryl methyl sites for hydroxylation is 1. The summed E-state index contributed by atoms with van der Waals surface area (Å²) in [6.45, 7) is 2.18. The van der Waals surface area contributed by atoms with Crippen LogP contribution < -0.4 is 10.6 Å². The second kappa shape index (κ2) is 9.23. The van der Waals surface area contributed by atoms with Crippen molar-refractivity contribution in [2.75, 3.05) is 17.2 Å². The van der Waals surface area contributed by atoms with Gasteiger partial charge in [-0.05, 0) is 19.4 Å². The normalized spacial score (nSPS) is 22.7.